The third-order valence-electron chi connectivity index (χ3n) is 2.89. The Kier molecular flexibility index (Phi) is 1.89. The molecule has 0 saturated carbocycles. The molecule has 0 nitrogen and oxygen atoms in total. The molecule has 1 atom stereocenters. The first kappa shape index (κ1) is 7.84. The quantitative estimate of drug-likeness (QED) is 0.450. The molecule has 0 aromatic heterocycles. The third-order valence-corrected chi connectivity index (χ3v) is 2.89. The van der Waals surface area contributed by atoms with Crippen LogP contribution in [-0.2, 0) is 0 Å². The number of rotatable bonds is 0. The van der Waals surface area contributed by atoms with Crippen molar-refractivity contribution in [3.8, 4) is 0 Å². The molecule has 0 amide bonds. The van der Waals surface area contributed by atoms with Gasteiger partial charge in [-0.25, -0.2) is 0 Å². The number of hydrogen-bond acceptors (Lipinski definition) is 0. The predicted octanol–water partition coefficient (Wildman–Crippen LogP) is 3.39. The lowest BCUT2D eigenvalue weighted by molar-refractivity contribution is 0.217. The van der Waals surface area contributed by atoms with Crippen molar-refractivity contribution >= 4 is 0 Å². The predicted molar refractivity (Wildman–Crippen MR) is 45.9 cm³/mol. The second-order valence-electron chi connectivity index (χ2n) is 4.35. The van der Waals surface area contributed by atoms with Gasteiger partial charge in [0, 0.05) is 0 Å². The Hall–Kier alpha value is -0.260. The number of hydrogen-bond donors (Lipinski definition) is 0. The van der Waals surface area contributed by atoms with Crippen LogP contribution in [0.2, 0.25) is 0 Å². The van der Waals surface area contributed by atoms with E-state index in [1.807, 2.05) is 0 Å². The molecule has 0 aliphatic heterocycles. The van der Waals surface area contributed by atoms with Gasteiger partial charge in [-0.2, -0.15) is 0 Å². The minimum Gasteiger partial charge on any atom is -0.0853 e. The van der Waals surface area contributed by atoms with Crippen molar-refractivity contribution in [1.82, 2.24) is 0 Å². The van der Waals surface area contributed by atoms with E-state index in [0.29, 0.717) is 5.41 Å². The Morgan fingerprint density at radius 3 is 2.50 bits per heavy atom. The van der Waals surface area contributed by atoms with Crippen LogP contribution in [-0.4, -0.2) is 0 Å². The highest BCUT2D eigenvalue weighted by Gasteiger charge is 2.27. The second-order valence-corrected chi connectivity index (χ2v) is 4.35. The summed E-state index contributed by atoms with van der Waals surface area (Å²) in [5.74, 6) is 0.858. The summed E-state index contributed by atoms with van der Waals surface area (Å²) in [6.45, 7) is 9.33. The molecule has 0 spiro atoms. The summed E-state index contributed by atoms with van der Waals surface area (Å²) in [7, 11) is 0. The Morgan fingerprint density at radius 2 is 2.10 bits per heavy atom. The van der Waals surface area contributed by atoms with Gasteiger partial charge in [0.2, 0.25) is 0 Å². The fourth-order valence-corrected chi connectivity index (χ4v) is 1.66. The van der Waals surface area contributed by atoms with Gasteiger partial charge in [0.15, 0.2) is 0 Å². The maximum absolute atomic E-state index is 2.38. The molecule has 0 aromatic carbocycles. The molecule has 0 saturated heterocycles. The molecule has 58 valence electrons. The van der Waals surface area contributed by atoms with Crippen LogP contribution in [0.5, 0.6) is 0 Å². The Morgan fingerprint density at radius 1 is 1.50 bits per heavy atom. The van der Waals surface area contributed by atoms with Crippen LogP contribution in [0, 0.1) is 11.3 Å². The van der Waals surface area contributed by atoms with Crippen LogP contribution in [0.25, 0.3) is 0 Å². The van der Waals surface area contributed by atoms with E-state index in [9.17, 15) is 0 Å². The summed E-state index contributed by atoms with van der Waals surface area (Å²) in [5, 5.41) is 0. The maximum atomic E-state index is 2.38. The maximum Gasteiger partial charge on any atom is -0.0269 e. The van der Waals surface area contributed by atoms with Gasteiger partial charge in [-0.05, 0) is 31.1 Å². The van der Waals surface area contributed by atoms with E-state index in [-0.39, 0.29) is 0 Å². The average Bonchev–Trinajstić information content (AvgIpc) is 1.78. The van der Waals surface area contributed by atoms with Gasteiger partial charge in [-0.3, -0.25) is 0 Å². The summed E-state index contributed by atoms with van der Waals surface area (Å²) < 4.78 is 0. The van der Waals surface area contributed by atoms with Crippen LogP contribution < -0.4 is 0 Å². The molecule has 10 heavy (non-hydrogen) atoms. The molecule has 0 fully saturated rings. The molecule has 0 heteroatoms. The molecular weight excluding hydrogens is 120 g/mol. The Balaban J connectivity index is 2.72. The van der Waals surface area contributed by atoms with Gasteiger partial charge in [0.1, 0.15) is 0 Å². The molecular formula is C10H18. The monoisotopic (exact) mass is 138 g/mol. The van der Waals surface area contributed by atoms with Crippen LogP contribution >= 0.6 is 0 Å². The van der Waals surface area contributed by atoms with Gasteiger partial charge < -0.3 is 0 Å². The summed E-state index contributed by atoms with van der Waals surface area (Å²) in [5.41, 5.74) is 2.11. The molecule has 0 radical (unpaired) electrons. The SMILES string of the molecule is CC1=CCC(C)C(C)(C)C1. The topological polar surface area (TPSA) is 0 Å². The zero-order valence-electron chi connectivity index (χ0n) is 7.57. The van der Waals surface area contributed by atoms with Crippen LogP contribution in [0.1, 0.15) is 40.5 Å². The van der Waals surface area contributed by atoms with E-state index >= 15 is 0 Å². The molecule has 1 aliphatic carbocycles. The molecule has 0 N–H and O–H groups in total. The zero-order chi connectivity index (χ0) is 7.78. The Labute approximate surface area is 64.3 Å². The smallest absolute Gasteiger partial charge is 0.0269 e. The van der Waals surface area contributed by atoms with Gasteiger partial charge >= 0.3 is 0 Å². The van der Waals surface area contributed by atoms with Gasteiger partial charge in [0.25, 0.3) is 0 Å². The molecule has 0 aromatic rings. The molecule has 1 rings (SSSR count). The summed E-state index contributed by atoms with van der Waals surface area (Å²) in [6, 6.07) is 0. The van der Waals surface area contributed by atoms with Crippen molar-refractivity contribution in [1.29, 1.82) is 0 Å². The highest BCUT2D eigenvalue weighted by Crippen LogP contribution is 2.39. The van der Waals surface area contributed by atoms with Gasteiger partial charge in [-0.1, -0.05) is 32.4 Å². The van der Waals surface area contributed by atoms with Crippen molar-refractivity contribution < 1.29 is 0 Å². The number of allylic oxidation sites excluding steroid dienone is 2. The van der Waals surface area contributed by atoms with Crippen molar-refractivity contribution in [3.05, 3.63) is 11.6 Å². The Bertz CT molecular complexity index is 151. The molecule has 1 unspecified atom stereocenters. The van der Waals surface area contributed by atoms with Crippen LogP contribution in [0.4, 0.5) is 0 Å². The lowest BCUT2D eigenvalue weighted by Gasteiger charge is -2.35. The third kappa shape index (κ3) is 1.42. The fourth-order valence-electron chi connectivity index (χ4n) is 1.66. The van der Waals surface area contributed by atoms with E-state index in [0.717, 1.165) is 5.92 Å². The van der Waals surface area contributed by atoms with Crippen molar-refractivity contribution in [3.63, 3.8) is 0 Å². The minimum absolute atomic E-state index is 0.541. The highest BCUT2D eigenvalue weighted by atomic mass is 14.3. The van der Waals surface area contributed by atoms with E-state index in [1.165, 1.54) is 12.8 Å². The molecule has 1 aliphatic rings. The normalized spacial score (nSPS) is 31.6. The van der Waals surface area contributed by atoms with Crippen molar-refractivity contribution in [2.24, 2.45) is 11.3 Å². The summed E-state index contributed by atoms with van der Waals surface area (Å²) in [6.07, 6.45) is 4.95. The van der Waals surface area contributed by atoms with Crippen LogP contribution in [0.15, 0.2) is 11.6 Å². The van der Waals surface area contributed by atoms with Crippen molar-refractivity contribution in [2.75, 3.05) is 0 Å². The first-order valence-corrected chi connectivity index (χ1v) is 4.18. The van der Waals surface area contributed by atoms with E-state index < -0.39 is 0 Å². The largest absolute Gasteiger partial charge is 0.0853 e. The lowest BCUT2D eigenvalue weighted by atomic mass is 9.70. The van der Waals surface area contributed by atoms with Gasteiger partial charge in [0.05, 0.1) is 0 Å². The second kappa shape index (κ2) is 2.41. The lowest BCUT2D eigenvalue weighted by Crippen LogP contribution is -2.24. The van der Waals surface area contributed by atoms with E-state index in [1.54, 1.807) is 5.57 Å². The van der Waals surface area contributed by atoms with Gasteiger partial charge in [-0.15, -0.1) is 0 Å². The van der Waals surface area contributed by atoms with Crippen LogP contribution in [0.3, 0.4) is 0 Å². The average molecular weight is 138 g/mol. The standard InChI is InChI=1S/C10H18/c1-8-5-6-9(2)10(3,4)7-8/h5,9H,6-7H2,1-4H3. The molecule has 0 heterocycles. The molecule has 0 bridgehead atoms. The van der Waals surface area contributed by atoms with E-state index in [2.05, 4.69) is 33.8 Å². The fraction of sp³-hybridized carbons (Fsp3) is 0.800. The first-order chi connectivity index (χ1) is 4.52. The summed E-state index contributed by atoms with van der Waals surface area (Å²) in [4.78, 5) is 0. The van der Waals surface area contributed by atoms with E-state index in [4.69, 9.17) is 0 Å². The summed E-state index contributed by atoms with van der Waals surface area (Å²) >= 11 is 0. The first-order valence-electron chi connectivity index (χ1n) is 4.18. The van der Waals surface area contributed by atoms with Crippen molar-refractivity contribution in [2.45, 2.75) is 40.5 Å². The minimum atomic E-state index is 0.541. The zero-order valence-corrected chi connectivity index (χ0v) is 7.57. The highest BCUT2D eigenvalue weighted by molar-refractivity contribution is 5.07.